The normalized spacial score (nSPS) is 12.4. The molecule has 0 radical (unpaired) electrons. The van der Waals surface area contributed by atoms with Crippen molar-refractivity contribution in [1.29, 1.82) is 0 Å². The number of nitrogens with two attached hydrogens (primary N) is 1. The highest BCUT2D eigenvalue weighted by atomic mass is 32.2. The Morgan fingerprint density at radius 2 is 1.72 bits per heavy atom. The molecule has 3 nitrogen and oxygen atoms in total. The van der Waals surface area contributed by atoms with Crippen LogP contribution < -0.4 is 5.73 Å². The Balaban J connectivity index is 2.85. The maximum Gasteiger partial charge on any atom is 0.160 e. The molecule has 0 aliphatic carbocycles. The van der Waals surface area contributed by atoms with Gasteiger partial charge < -0.3 is 5.73 Å². The van der Waals surface area contributed by atoms with E-state index < -0.39 is 9.84 Å². The zero-order valence-corrected chi connectivity index (χ0v) is 12.6. The van der Waals surface area contributed by atoms with E-state index in [1.54, 1.807) is 0 Å². The van der Waals surface area contributed by atoms with Crippen LogP contribution in [-0.2, 0) is 21.0 Å². The molecule has 100 valence electrons. The smallest absolute Gasteiger partial charge is 0.160 e. The lowest BCUT2D eigenvalue weighted by Gasteiger charge is -2.19. The SMILES string of the molecule is CC(C)(C)c1ccc(CS(=O)(=O)CC(N)=S)cc1. The Labute approximate surface area is 114 Å². The standard InChI is InChI=1S/C13H19NO2S2/c1-13(2,3)11-6-4-10(5-7-11)8-18(15,16)9-12(14)17/h4-7H,8-9H2,1-3H3,(H2,14,17). The predicted molar refractivity (Wildman–Crippen MR) is 79.4 cm³/mol. The highest BCUT2D eigenvalue weighted by molar-refractivity contribution is 7.93. The van der Waals surface area contributed by atoms with Crippen molar-refractivity contribution >= 4 is 27.0 Å². The van der Waals surface area contributed by atoms with Gasteiger partial charge in [-0.3, -0.25) is 0 Å². The van der Waals surface area contributed by atoms with E-state index in [0.717, 1.165) is 5.56 Å². The quantitative estimate of drug-likeness (QED) is 0.861. The van der Waals surface area contributed by atoms with Crippen molar-refractivity contribution in [3.05, 3.63) is 35.4 Å². The highest BCUT2D eigenvalue weighted by Gasteiger charge is 2.16. The third kappa shape index (κ3) is 4.74. The van der Waals surface area contributed by atoms with Gasteiger partial charge in [0.05, 0.1) is 10.7 Å². The number of sulfone groups is 1. The fourth-order valence-corrected chi connectivity index (χ4v) is 3.40. The molecule has 1 rings (SSSR count). The second kappa shape index (κ2) is 5.36. The Hall–Kier alpha value is -0.940. The summed E-state index contributed by atoms with van der Waals surface area (Å²) in [7, 11) is -3.25. The minimum Gasteiger partial charge on any atom is -0.392 e. The van der Waals surface area contributed by atoms with Crippen LogP contribution in [0, 0.1) is 0 Å². The molecule has 0 spiro atoms. The lowest BCUT2D eigenvalue weighted by atomic mass is 9.87. The van der Waals surface area contributed by atoms with Gasteiger partial charge in [-0.2, -0.15) is 0 Å². The average molecular weight is 285 g/mol. The first-order valence-electron chi connectivity index (χ1n) is 5.68. The summed E-state index contributed by atoms with van der Waals surface area (Å²) < 4.78 is 23.4. The number of rotatable bonds is 4. The number of benzene rings is 1. The molecule has 0 aliphatic rings. The van der Waals surface area contributed by atoms with Crippen LogP contribution >= 0.6 is 12.2 Å². The second-order valence-electron chi connectivity index (χ2n) is 5.45. The lowest BCUT2D eigenvalue weighted by molar-refractivity contribution is 0.590. The third-order valence-electron chi connectivity index (χ3n) is 2.57. The molecule has 2 N–H and O–H groups in total. The summed E-state index contributed by atoms with van der Waals surface area (Å²) in [5, 5.41) is 0. The Bertz CT molecular complexity index is 525. The molecule has 0 fully saturated rings. The van der Waals surface area contributed by atoms with E-state index in [-0.39, 0.29) is 21.9 Å². The molecule has 0 aromatic heterocycles. The van der Waals surface area contributed by atoms with Gasteiger partial charge in [-0.1, -0.05) is 57.3 Å². The fourth-order valence-electron chi connectivity index (χ4n) is 1.62. The number of hydrogen-bond donors (Lipinski definition) is 1. The number of hydrogen-bond acceptors (Lipinski definition) is 3. The molecule has 0 bridgehead atoms. The van der Waals surface area contributed by atoms with Gasteiger partial charge in [0.2, 0.25) is 0 Å². The molecule has 1 aromatic carbocycles. The summed E-state index contributed by atoms with van der Waals surface area (Å²) in [4.78, 5) is 0.0151. The molecule has 0 saturated heterocycles. The van der Waals surface area contributed by atoms with Crippen molar-refractivity contribution in [2.75, 3.05) is 5.75 Å². The summed E-state index contributed by atoms with van der Waals surface area (Å²) in [5.41, 5.74) is 7.27. The lowest BCUT2D eigenvalue weighted by Crippen LogP contribution is -2.22. The molecule has 0 heterocycles. The monoisotopic (exact) mass is 285 g/mol. The van der Waals surface area contributed by atoms with Crippen LogP contribution in [0.15, 0.2) is 24.3 Å². The van der Waals surface area contributed by atoms with E-state index in [9.17, 15) is 8.42 Å². The summed E-state index contributed by atoms with van der Waals surface area (Å²) >= 11 is 4.63. The van der Waals surface area contributed by atoms with Crippen LogP contribution in [0.25, 0.3) is 0 Å². The van der Waals surface area contributed by atoms with Crippen LogP contribution in [0.2, 0.25) is 0 Å². The summed E-state index contributed by atoms with van der Waals surface area (Å²) in [6.07, 6.45) is 0. The third-order valence-corrected chi connectivity index (χ3v) is 4.42. The van der Waals surface area contributed by atoms with Crippen molar-refractivity contribution < 1.29 is 8.42 Å². The minimum absolute atomic E-state index is 0.0151. The van der Waals surface area contributed by atoms with Crippen LogP contribution in [0.3, 0.4) is 0 Å². The number of thiocarbonyl (C=S) groups is 1. The van der Waals surface area contributed by atoms with Gasteiger partial charge in [0.25, 0.3) is 0 Å². The van der Waals surface area contributed by atoms with Crippen LogP contribution in [0.5, 0.6) is 0 Å². The molecular weight excluding hydrogens is 266 g/mol. The molecule has 1 aromatic rings. The Morgan fingerprint density at radius 3 is 2.11 bits per heavy atom. The van der Waals surface area contributed by atoms with Gasteiger partial charge in [-0.05, 0) is 16.5 Å². The topological polar surface area (TPSA) is 60.2 Å². The summed E-state index contributed by atoms with van der Waals surface area (Å²) in [6.45, 7) is 6.35. The predicted octanol–water partition coefficient (Wildman–Crippen LogP) is 2.19. The van der Waals surface area contributed by atoms with Crippen molar-refractivity contribution in [3.63, 3.8) is 0 Å². The zero-order chi connectivity index (χ0) is 14.0. The van der Waals surface area contributed by atoms with Gasteiger partial charge in [-0.15, -0.1) is 0 Å². The van der Waals surface area contributed by atoms with E-state index in [2.05, 4.69) is 33.0 Å². The molecule has 0 atom stereocenters. The van der Waals surface area contributed by atoms with Gasteiger partial charge in [0.1, 0.15) is 5.75 Å². The molecule has 18 heavy (non-hydrogen) atoms. The largest absolute Gasteiger partial charge is 0.392 e. The molecule has 0 amide bonds. The highest BCUT2D eigenvalue weighted by Crippen LogP contribution is 2.22. The minimum atomic E-state index is -3.25. The zero-order valence-electron chi connectivity index (χ0n) is 10.9. The van der Waals surface area contributed by atoms with Crippen LogP contribution in [0.1, 0.15) is 31.9 Å². The molecular formula is C13H19NO2S2. The first-order chi connectivity index (χ1) is 8.10. The van der Waals surface area contributed by atoms with Crippen molar-refractivity contribution in [3.8, 4) is 0 Å². The van der Waals surface area contributed by atoms with Crippen LogP contribution in [-0.4, -0.2) is 19.2 Å². The van der Waals surface area contributed by atoms with Gasteiger partial charge in [0, 0.05) is 0 Å². The van der Waals surface area contributed by atoms with E-state index in [0.29, 0.717) is 0 Å². The average Bonchev–Trinajstić information content (AvgIpc) is 2.13. The van der Waals surface area contributed by atoms with Gasteiger partial charge in [-0.25, -0.2) is 8.42 Å². The van der Waals surface area contributed by atoms with E-state index >= 15 is 0 Å². The van der Waals surface area contributed by atoms with E-state index in [4.69, 9.17) is 5.73 Å². The fraction of sp³-hybridized carbons (Fsp3) is 0.462. The maximum absolute atomic E-state index is 11.7. The van der Waals surface area contributed by atoms with Crippen molar-refractivity contribution in [1.82, 2.24) is 0 Å². The molecule has 0 saturated carbocycles. The van der Waals surface area contributed by atoms with Crippen molar-refractivity contribution in [2.45, 2.75) is 31.9 Å². The Morgan fingerprint density at radius 1 is 1.22 bits per heavy atom. The molecule has 0 unspecified atom stereocenters. The van der Waals surface area contributed by atoms with Gasteiger partial charge >= 0.3 is 0 Å². The molecule has 0 aliphatic heterocycles. The van der Waals surface area contributed by atoms with Crippen molar-refractivity contribution in [2.24, 2.45) is 5.73 Å². The summed E-state index contributed by atoms with van der Waals surface area (Å²) in [5.74, 6) is -0.252. The maximum atomic E-state index is 11.7. The van der Waals surface area contributed by atoms with E-state index in [1.165, 1.54) is 5.56 Å². The van der Waals surface area contributed by atoms with E-state index in [1.807, 2.05) is 24.3 Å². The molecule has 5 heteroatoms. The Kier molecular flexibility index (Phi) is 4.50. The van der Waals surface area contributed by atoms with Gasteiger partial charge in [0.15, 0.2) is 9.84 Å². The first kappa shape index (κ1) is 15.1. The first-order valence-corrected chi connectivity index (χ1v) is 7.91. The van der Waals surface area contributed by atoms with Crippen LogP contribution in [0.4, 0.5) is 0 Å². The second-order valence-corrected chi connectivity index (χ2v) is 8.03. The summed E-state index contributed by atoms with van der Waals surface area (Å²) in [6, 6.07) is 7.62.